The zero-order valence-corrected chi connectivity index (χ0v) is 20.3. The highest BCUT2D eigenvalue weighted by atomic mass is 19.4. The van der Waals surface area contributed by atoms with E-state index in [1.54, 1.807) is 6.26 Å². The van der Waals surface area contributed by atoms with E-state index in [1.807, 2.05) is 54.0 Å². The standard InChI is InChI=1S/C27H29F3N4O2/c1-18-16-34(24-11-9-21(14-31-24)27(28,29)30)19(2)15-32(18)17-25(35)33-12-4-3-7-23(33)22-10-8-20-6-5-13-36-26(20)22/h3-6,8-11,13-14,18-19,23H,7,12,15-17H2,1-2H3/t18-,19+,23?/m1/s1. The average Bonchev–Trinajstić information content (AvgIpc) is 3.29. The third kappa shape index (κ3) is 4.72. The molecular formula is C27H29F3N4O2. The van der Waals surface area contributed by atoms with Crippen LogP contribution in [0.5, 0.6) is 0 Å². The molecule has 1 aromatic heterocycles. The van der Waals surface area contributed by atoms with Gasteiger partial charge in [-0.1, -0.05) is 24.3 Å². The van der Waals surface area contributed by atoms with E-state index in [9.17, 15) is 18.0 Å². The number of anilines is 1. The minimum absolute atomic E-state index is 0.00639. The van der Waals surface area contributed by atoms with E-state index in [0.29, 0.717) is 25.5 Å². The second-order valence-corrected chi connectivity index (χ2v) is 9.64. The van der Waals surface area contributed by atoms with Crippen LogP contribution in [-0.4, -0.2) is 59.0 Å². The Hall–Kier alpha value is -3.33. The molecule has 0 radical (unpaired) electrons. The van der Waals surface area contributed by atoms with Crippen LogP contribution < -0.4 is 4.90 Å². The van der Waals surface area contributed by atoms with Gasteiger partial charge in [0.1, 0.15) is 11.6 Å². The van der Waals surface area contributed by atoms with Gasteiger partial charge in [-0.05, 0) is 44.5 Å². The van der Waals surface area contributed by atoms with Crippen molar-refractivity contribution in [1.82, 2.24) is 14.8 Å². The Kier molecular flexibility index (Phi) is 6.51. The van der Waals surface area contributed by atoms with Crippen molar-refractivity contribution in [3.8, 4) is 11.3 Å². The maximum Gasteiger partial charge on any atom is 0.417 e. The maximum atomic E-state index is 13.5. The minimum Gasteiger partial charge on any atom is -0.464 e. The van der Waals surface area contributed by atoms with Crippen LogP contribution in [0.25, 0.3) is 11.3 Å². The highest BCUT2D eigenvalue weighted by molar-refractivity contribution is 5.80. The third-order valence-corrected chi connectivity index (χ3v) is 7.21. The first-order valence-electron chi connectivity index (χ1n) is 12.2. The summed E-state index contributed by atoms with van der Waals surface area (Å²) in [5, 5.41) is 0. The van der Waals surface area contributed by atoms with Gasteiger partial charge in [-0.2, -0.15) is 13.2 Å². The normalized spacial score (nSPS) is 23.4. The number of piperazine rings is 1. The van der Waals surface area contributed by atoms with Crippen LogP contribution >= 0.6 is 0 Å². The fourth-order valence-electron chi connectivity index (χ4n) is 5.24. The summed E-state index contributed by atoms with van der Waals surface area (Å²) in [7, 11) is 0. The molecule has 5 rings (SSSR count). The molecule has 0 saturated carbocycles. The number of aromatic nitrogens is 1. The molecule has 4 aliphatic rings. The molecule has 0 spiro atoms. The van der Waals surface area contributed by atoms with Crippen LogP contribution in [0.3, 0.4) is 0 Å². The summed E-state index contributed by atoms with van der Waals surface area (Å²) in [5.74, 6) is 1.38. The SMILES string of the molecule is C[C@@H]1CN(c2ccc(C(F)(F)F)cn2)[C@@H](C)CN1CC(=O)N1CC=CCC1c1ccc2cccoc1-2. The molecule has 1 amide bonds. The lowest BCUT2D eigenvalue weighted by atomic mass is 9.99. The Balaban J connectivity index is 1.27. The quantitative estimate of drug-likeness (QED) is 0.462. The number of carbonyl (C=O) groups excluding carboxylic acids is 1. The Labute approximate surface area is 208 Å². The van der Waals surface area contributed by atoms with Gasteiger partial charge in [0.25, 0.3) is 0 Å². The van der Waals surface area contributed by atoms with Gasteiger partial charge in [0.2, 0.25) is 5.91 Å². The maximum absolute atomic E-state index is 13.5. The van der Waals surface area contributed by atoms with Crippen molar-refractivity contribution in [2.24, 2.45) is 0 Å². The molecule has 1 aliphatic carbocycles. The zero-order chi connectivity index (χ0) is 25.4. The van der Waals surface area contributed by atoms with Crippen molar-refractivity contribution < 1.29 is 22.4 Å². The van der Waals surface area contributed by atoms with E-state index in [2.05, 4.69) is 16.0 Å². The van der Waals surface area contributed by atoms with Crippen LogP contribution in [0.15, 0.2) is 65.4 Å². The summed E-state index contributed by atoms with van der Waals surface area (Å²) >= 11 is 0. The lowest BCUT2D eigenvalue weighted by Crippen LogP contribution is -2.59. The summed E-state index contributed by atoms with van der Waals surface area (Å²) in [6.07, 6.45) is 2.99. The van der Waals surface area contributed by atoms with Crippen LogP contribution in [0.1, 0.15) is 37.4 Å². The van der Waals surface area contributed by atoms with Crippen molar-refractivity contribution in [3.63, 3.8) is 0 Å². The van der Waals surface area contributed by atoms with Gasteiger partial charge in [-0.25, -0.2) is 4.98 Å². The Morgan fingerprint density at radius 2 is 1.92 bits per heavy atom. The Morgan fingerprint density at radius 3 is 2.67 bits per heavy atom. The number of fused-ring (bicyclic) bond motifs is 1. The molecule has 6 nitrogen and oxygen atoms in total. The largest absolute Gasteiger partial charge is 0.464 e. The van der Waals surface area contributed by atoms with Crippen molar-refractivity contribution in [2.75, 3.05) is 31.1 Å². The first kappa shape index (κ1) is 24.4. The third-order valence-electron chi connectivity index (χ3n) is 7.21. The number of hydrogen-bond acceptors (Lipinski definition) is 5. The van der Waals surface area contributed by atoms with Gasteiger partial charge in [-0.3, -0.25) is 9.69 Å². The number of rotatable bonds is 4. The average molecular weight is 499 g/mol. The second-order valence-electron chi connectivity index (χ2n) is 9.64. The van der Waals surface area contributed by atoms with E-state index in [1.165, 1.54) is 6.07 Å². The van der Waals surface area contributed by atoms with Crippen molar-refractivity contribution in [3.05, 3.63) is 72.1 Å². The number of pyridine rings is 1. The summed E-state index contributed by atoms with van der Waals surface area (Å²) in [4.78, 5) is 23.7. The molecule has 9 heteroatoms. The predicted molar refractivity (Wildman–Crippen MR) is 131 cm³/mol. The summed E-state index contributed by atoms with van der Waals surface area (Å²) in [6, 6.07) is 10.4. The summed E-state index contributed by atoms with van der Waals surface area (Å²) in [5.41, 5.74) is 1.28. The van der Waals surface area contributed by atoms with Crippen LogP contribution in [0, 0.1) is 0 Å². The number of halogens is 3. The molecule has 3 atom stereocenters. The molecule has 0 aromatic carbocycles. The van der Waals surface area contributed by atoms with E-state index in [4.69, 9.17) is 4.42 Å². The number of carbonyl (C=O) groups is 1. The molecule has 1 saturated heterocycles. The van der Waals surface area contributed by atoms with Crippen LogP contribution in [-0.2, 0) is 11.0 Å². The van der Waals surface area contributed by atoms with Gasteiger partial charge in [0.15, 0.2) is 0 Å². The minimum atomic E-state index is -4.41. The van der Waals surface area contributed by atoms with Crippen LogP contribution in [0.4, 0.5) is 19.0 Å². The molecule has 36 heavy (non-hydrogen) atoms. The fourth-order valence-corrected chi connectivity index (χ4v) is 5.24. The molecule has 1 fully saturated rings. The molecule has 0 bridgehead atoms. The van der Waals surface area contributed by atoms with Crippen molar-refractivity contribution in [1.29, 1.82) is 0 Å². The highest BCUT2D eigenvalue weighted by Crippen LogP contribution is 2.38. The Morgan fingerprint density at radius 1 is 1.08 bits per heavy atom. The van der Waals surface area contributed by atoms with Gasteiger partial charge in [-0.15, -0.1) is 0 Å². The number of alkyl halides is 3. The molecule has 4 heterocycles. The first-order chi connectivity index (χ1) is 17.2. The fraction of sp³-hybridized carbons (Fsp3) is 0.407. The van der Waals surface area contributed by atoms with Gasteiger partial charge in [0.05, 0.1) is 24.4 Å². The second kappa shape index (κ2) is 9.61. The van der Waals surface area contributed by atoms with Gasteiger partial charge >= 0.3 is 6.18 Å². The molecule has 190 valence electrons. The number of hydrogen-bond donors (Lipinski definition) is 0. The van der Waals surface area contributed by atoms with E-state index in [0.717, 1.165) is 35.6 Å². The highest BCUT2D eigenvalue weighted by Gasteiger charge is 2.36. The monoisotopic (exact) mass is 498 g/mol. The Bertz CT molecular complexity index is 1210. The molecule has 3 aliphatic heterocycles. The topological polar surface area (TPSA) is 52.8 Å². The van der Waals surface area contributed by atoms with E-state index in [-0.39, 0.29) is 30.6 Å². The summed E-state index contributed by atoms with van der Waals surface area (Å²) < 4.78 is 44.5. The lowest BCUT2D eigenvalue weighted by Gasteiger charge is -2.45. The van der Waals surface area contributed by atoms with Crippen LogP contribution in [0.2, 0.25) is 0 Å². The lowest BCUT2D eigenvalue weighted by molar-refractivity contribution is -0.138. The first-order valence-corrected chi connectivity index (χ1v) is 12.2. The summed E-state index contributed by atoms with van der Waals surface area (Å²) in [6.45, 7) is 6.05. The molecule has 1 aromatic rings. The molecule has 0 N–H and O–H groups in total. The number of nitrogens with zero attached hydrogens (tertiary/aromatic N) is 4. The van der Waals surface area contributed by atoms with E-state index >= 15 is 0 Å². The van der Waals surface area contributed by atoms with E-state index < -0.39 is 11.7 Å². The predicted octanol–water partition coefficient (Wildman–Crippen LogP) is 5.23. The van der Waals surface area contributed by atoms with Crippen molar-refractivity contribution in [2.45, 2.75) is 44.6 Å². The smallest absolute Gasteiger partial charge is 0.417 e. The molecular weight excluding hydrogens is 469 g/mol. The van der Waals surface area contributed by atoms with Gasteiger partial charge in [0, 0.05) is 49.0 Å². The molecule has 1 unspecified atom stereocenters. The number of amides is 1. The van der Waals surface area contributed by atoms with Crippen molar-refractivity contribution >= 4 is 11.7 Å². The van der Waals surface area contributed by atoms with Gasteiger partial charge < -0.3 is 14.2 Å². The zero-order valence-electron chi connectivity index (χ0n) is 20.3.